The van der Waals surface area contributed by atoms with Crippen molar-refractivity contribution in [3.8, 4) is 0 Å². The number of nitrogens with zero attached hydrogens (tertiary/aromatic N) is 2. The van der Waals surface area contributed by atoms with Crippen LogP contribution < -0.4 is 0 Å². The number of carbonyl (C=O) groups excluding carboxylic acids is 4. The van der Waals surface area contributed by atoms with Gasteiger partial charge in [-0.3, -0.25) is 9.59 Å². The number of aliphatic carboxylic acids is 1. The Kier molecular flexibility index (Phi) is 12.6. The van der Waals surface area contributed by atoms with Gasteiger partial charge in [0, 0.05) is 31.1 Å². The van der Waals surface area contributed by atoms with E-state index in [9.17, 15) is 24.0 Å². The average Bonchev–Trinajstić information content (AvgIpc) is 2.72. The van der Waals surface area contributed by atoms with E-state index in [-0.39, 0.29) is 24.3 Å². The van der Waals surface area contributed by atoms with Gasteiger partial charge in [-0.25, -0.2) is 24.1 Å². The van der Waals surface area contributed by atoms with Gasteiger partial charge in [-0.15, -0.1) is 0 Å². The first-order valence-electron chi connectivity index (χ1n) is 9.26. The van der Waals surface area contributed by atoms with Gasteiger partial charge in [0.25, 0.3) is 0 Å². The molecule has 0 aliphatic carbocycles. The molecular formula is C20H26N2O10. The molecular weight excluding hydrogens is 428 g/mol. The van der Waals surface area contributed by atoms with E-state index >= 15 is 0 Å². The lowest BCUT2D eigenvalue weighted by Gasteiger charge is -2.21. The van der Waals surface area contributed by atoms with Crippen molar-refractivity contribution < 1.29 is 48.4 Å². The molecule has 0 bridgehead atoms. The fourth-order valence-corrected chi connectivity index (χ4v) is 1.91. The average molecular weight is 454 g/mol. The fourth-order valence-electron chi connectivity index (χ4n) is 1.91. The maximum atomic E-state index is 12.6. The summed E-state index contributed by atoms with van der Waals surface area (Å²) in [4.78, 5) is 76.1. The molecule has 0 saturated carbocycles. The first kappa shape index (κ1) is 28.2. The molecule has 0 spiro atoms. The predicted molar refractivity (Wildman–Crippen MR) is 108 cm³/mol. The van der Waals surface area contributed by atoms with E-state index in [1.165, 1.54) is 18.2 Å². The molecule has 2 amide bonds. The van der Waals surface area contributed by atoms with Gasteiger partial charge >= 0.3 is 29.7 Å². The third kappa shape index (κ3) is 9.82. The second-order valence-corrected chi connectivity index (χ2v) is 5.70. The number of carboxylic acids is 1. The zero-order valence-corrected chi connectivity index (χ0v) is 18.4. The first-order chi connectivity index (χ1) is 15.0. The van der Waals surface area contributed by atoms with Gasteiger partial charge in [0.2, 0.25) is 0 Å². The van der Waals surface area contributed by atoms with Crippen LogP contribution in [0.25, 0.3) is 0 Å². The van der Waals surface area contributed by atoms with Crippen LogP contribution in [0.5, 0.6) is 0 Å². The Labute approximate surface area is 184 Å². The number of amides is 2. The van der Waals surface area contributed by atoms with Crippen LogP contribution in [0.3, 0.4) is 0 Å². The van der Waals surface area contributed by atoms with Crippen LogP contribution in [-0.4, -0.2) is 58.5 Å². The summed E-state index contributed by atoms with van der Waals surface area (Å²) in [6.45, 7) is 10.2. The Morgan fingerprint density at radius 3 is 1.75 bits per heavy atom. The minimum absolute atomic E-state index is 0.0120. The third-order valence-corrected chi connectivity index (χ3v) is 3.14. The molecule has 1 aromatic carbocycles. The van der Waals surface area contributed by atoms with Crippen molar-refractivity contribution in [1.82, 2.24) is 10.5 Å². The predicted octanol–water partition coefficient (Wildman–Crippen LogP) is 2.00. The summed E-state index contributed by atoms with van der Waals surface area (Å²) >= 11 is 0. The van der Waals surface area contributed by atoms with Crippen LogP contribution in [0, 0.1) is 6.92 Å². The molecule has 1 rings (SSSR count). The van der Waals surface area contributed by atoms with E-state index in [4.69, 9.17) is 24.5 Å². The molecule has 12 heteroatoms. The number of hydroxylamine groups is 4. The quantitative estimate of drug-likeness (QED) is 0.479. The van der Waals surface area contributed by atoms with Gasteiger partial charge in [0.15, 0.2) is 0 Å². The number of hydrogen-bond donors (Lipinski definition) is 1. The largest absolute Gasteiger partial charge is 0.478 e. The molecule has 0 aliphatic heterocycles. The minimum atomic E-state index is -0.981. The van der Waals surface area contributed by atoms with E-state index in [1.807, 2.05) is 0 Å². The minimum Gasteiger partial charge on any atom is -0.478 e. The lowest BCUT2D eigenvalue weighted by molar-refractivity contribution is -0.304. The van der Waals surface area contributed by atoms with Crippen molar-refractivity contribution in [2.24, 2.45) is 0 Å². The normalized spacial score (nSPS) is 9.53. The molecule has 0 atom stereocenters. The summed E-state index contributed by atoms with van der Waals surface area (Å²) in [6.07, 6.45) is 0.833. The summed E-state index contributed by atoms with van der Waals surface area (Å²) < 4.78 is 0. The molecule has 0 radical (unpaired) electrons. The fraction of sp³-hybridized carbons (Fsp3) is 0.350. The van der Waals surface area contributed by atoms with Crippen LogP contribution in [0.15, 0.2) is 30.9 Å². The van der Waals surface area contributed by atoms with Crippen molar-refractivity contribution >= 4 is 29.7 Å². The molecule has 32 heavy (non-hydrogen) atoms. The van der Waals surface area contributed by atoms with Gasteiger partial charge in [-0.05, 0) is 48.9 Å². The molecule has 1 aromatic rings. The first-order valence-corrected chi connectivity index (χ1v) is 9.26. The molecule has 0 heterocycles. The lowest BCUT2D eigenvalue weighted by atomic mass is 10.0. The van der Waals surface area contributed by atoms with Crippen LogP contribution in [-0.2, 0) is 33.7 Å². The number of rotatable bonds is 7. The molecule has 0 fully saturated rings. The standard InChI is InChI=1S/C17H22N2O8.C3H4O2/c1-6-24-18(26-12(4)20)16(22)14-9-8-11(3)15(10-14)17(23)19(25-7-2)27-13(5)21;1-2-3(4)5/h8-10H,6-7H2,1-5H3;2H,1H2,(H,4,5). The highest BCUT2D eigenvalue weighted by molar-refractivity contribution is 6.00. The van der Waals surface area contributed by atoms with Gasteiger partial charge in [-0.1, -0.05) is 12.6 Å². The molecule has 1 N–H and O–H groups in total. The SMILES string of the molecule is C=CC(=O)O.CCON(OC(C)=O)C(=O)c1ccc(C)c(C(=O)N(OCC)OC(C)=O)c1. The second kappa shape index (κ2) is 14.3. The van der Waals surface area contributed by atoms with E-state index < -0.39 is 29.7 Å². The lowest BCUT2D eigenvalue weighted by Crippen LogP contribution is -2.35. The molecule has 0 aromatic heterocycles. The van der Waals surface area contributed by atoms with E-state index in [1.54, 1.807) is 20.8 Å². The summed E-state index contributed by atoms with van der Waals surface area (Å²) in [6, 6.07) is 4.20. The molecule has 12 nitrogen and oxygen atoms in total. The third-order valence-electron chi connectivity index (χ3n) is 3.14. The number of carbonyl (C=O) groups is 5. The Morgan fingerprint density at radius 1 is 0.938 bits per heavy atom. The van der Waals surface area contributed by atoms with Gasteiger partial charge < -0.3 is 14.8 Å². The van der Waals surface area contributed by atoms with E-state index in [0.717, 1.165) is 19.9 Å². The second-order valence-electron chi connectivity index (χ2n) is 5.70. The Hall–Kier alpha value is -3.77. The van der Waals surface area contributed by atoms with Crippen LogP contribution in [0.4, 0.5) is 0 Å². The summed E-state index contributed by atoms with van der Waals surface area (Å²) in [7, 11) is 0. The van der Waals surface area contributed by atoms with Crippen LogP contribution in [0.1, 0.15) is 54.0 Å². The summed E-state index contributed by atoms with van der Waals surface area (Å²) in [5, 5.41) is 8.49. The zero-order valence-electron chi connectivity index (χ0n) is 18.4. The smallest absolute Gasteiger partial charge is 0.332 e. The summed E-state index contributed by atoms with van der Waals surface area (Å²) in [5.74, 6) is -4.06. The molecule has 0 unspecified atom stereocenters. The zero-order chi connectivity index (χ0) is 24.8. The Balaban J connectivity index is 0.00000172. The highest BCUT2D eigenvalue weighted by atomic mass is 17.0. The van der Waals surface area contributed by atoms with Gasteiger partial charge in [-0.2, -0.15) is 0 Å². The van der Waals surface area contributed by atoms with Gasteiger partial charge in [0.05, 0.1) is 13.2 Å². The monoisotopic (exact) mass is 454 g/mol. The number of hydrogen-bond acceptors (Lipinski definition) is 9. The van der Waals surface area contributed by atoms with Crippen molar-refractivity contribution in [2.75, 3.05) is 13.2 Å². The highest BCUT2D eigenvalue weighted by Crippen LogP contribution is 2.17. The summed E-state index contributed by atoms with van der Waals surface area (Å²) in [5.41, 5.74) is 0.566. The highest BCUT2D eigenvalue weighted by Gasteiger charge is 2.26. The van der Waals surface area contributed by atoms with E-state index in [0.29, 0.717) is 16.0 Å². The maximum Gasteiger partial charge on any atom is 0.332 e. The number of carboxylic acid groups (broad SMARTS) is 1. The number of benzene rings is 1. The molecule has 176 valence electrons. The molecule has 0 aliphatic rings. The van der Waals surface area contributed by atoms with E-state index in [2.05, 4.69) is 6.58 Å². The van der Waals surface area contributed by atoms with Crippen molar-refractivity contribution in [2.45, 2.75) is 34.6 Å². The number of aryl methyl sites for hydroxylation is 1. The van der Waals surface area contributed by atoms with Crippen LogP contribution in [0.2, 0.25) is 0 Å². The van der Waals surface area contributed by atoms with Crippen molar-refractivity contribution in [3.05, 3.63) is 47.5 Å². The molecule has 0 saturated heterocycles. The Morgan fingerprint density at radius 2 is 1.38 bits per heavy atom. The Bertz CT molecular complexity index is 853. The maximum absolute atomic E-state index is 12.6. The van der Waals surface area contributed by atoms with Crippen LogP contribution >= 0.6 is 0 Å². The van der Waals surface area contributed by atoms with Gasteiger partial charge in [0.1, 0.15) is 0 Å². The van der Waals surface area contributed by atoms with Crippen molar-refractivity contribution in [3.63, 3.8) is 0 Å². The van der Waals surface area contributed by atoms with Crippen molar-refractivity contribution in [1.29, 1.82) is 0 Å². The topological polar surface area (TPSA) is 149 Å².